The molecule has 15 heavy (non-hydrogen) atoms. The van der Waals surface area contributed by atoms with Crippen molar-refractivity contribution < 1.29 is 4.79 Å². The van der Waals surface area contributed by atoms with Gasteiger partial charge in [-0.3, -0.25) is 4.79 Å². The van der Waals surface area contributed by atoms with Crippen LogP contribution in [0.5, 0.6) is 0 Å². The van der Waals surface area contributed by atoms with Crippen molar-refractivity contribution in [2.24, 2.45) is 0 Å². The fraction of sp³-hybridized carbons (Fsp3) is 0.636. The monoisotopic (exact) mass is 209 g/mol. The van der Waals surface area contributed by atoms with Crippen molar-refractivity contribution in [2.75, 3.05) is 6.54 Å². The molecule has 1 aromatic rings. The van der Waals surface area contributed by atoms with E-state index in [0.717, 1.165) is 25.2 Å². The van der Waals surface area contributed by atoms with Gasteiger partial charge < -0.3 is 9.88 Å². The molecule has 0 spiro atoms. The molecular formula is C11H19N3O. The zero-order chi connectivity index (χ0) is 11.1. The Kier molecular flexibility index (Phi) is 4.87. The lowest BCUT2D eigenvalue weighted by Gasteiger charge is -2.06. The number of aromatic nitrogens is 2. The van der Waals surface area contributed by atoms with Crippen molar-refractivity contribution in [3.8, 4) is 0 Å². The molecule has 1 aromatic heterocycles. The van der Waals surface area contributed by atoms with Gasteiger partial charge in [0.1, 0.15) is 5.82 Å². The molecule has 84 valence electrons. The summed E-state index contributed by atoms with van der Waals surface area (Å²) in [6.45, 7) is 5.48. The number of imidazole rings is 1. The molecule has 0 saturated carbocycles. The van der Waals surface area contributed by atoms with Crippen LogP contribution in [0.3, 0.4) is 0 Å². The summed E-state index contributed by atoms with van der Waals surface area (Å²) in [6, 6.07) is 0. The lowest BCUT2D eigenvalue weighted by molar-refractivity contribution is -0.121. The van der Waals surface area contributed by atoms with Crippen LogP contribution in [0.15, 0.2) is 12.4 Å². The van der Waals surface area contributed by atoms with Gasteiger partial charge in [0.2, 0.25) is 5.91 Å². The van der Waals surface area contributed by atoms with Gasteiger partial charge in [0, 0.05) is 38.3 Å². The van der Waals surface area contributed by atoms with Crippen molar-refractivity contribution in [1.29, 1.82) is 0 Å². The second-order valence-corrected chi connectivity index (χ2v) is 3.49. The van der Waals surface area contributed by atoms with E-state index in [9.17, 15) is 4.79 Å². The van der Waals surface area contributed by atoms with Gasteiger partial charge in [-0.2, -0.15) is 0 Å². The highest BCUT2D eigenvalue weighted by Crippen LogP contribution is 2.02. The van der Waals surface area contributed by atoms with Crippen LogP contribution in [0, 0.1) is 0 Å². The van der Waals surface area contributed by atoms with Gasteiger partial charge in [-0.1, -0.05) is 6.92 Å². The summed E-state index contributed by atoms with van der Waals surface area (Å²) in [5.74, 6) is 1.18. The number of hydrogen-bond acceptors (Lipinski definition) is 2. The highest BCUT2D eigenvalue weighted by atomic mass is 16.1. The summed E-state index contributed by atoms with van der Waals surface area (Å²) in [5.41, 5.74) is 0. The Morgan fingerprint density at radius 2 is 2.33 bits per heavy atom. The first-order valence-corrected chi connectivity index (χ1v) is 5.54. The zero-order valence-corrected chi connectivity index (χ0v) is 9.49. The summed E-state index contributed by atoms with van der Waals surface area (Å²) in [5, 5.41) is 2.79. The SMILES string of the molecule is CCCc1nccn1CCC(=O)NCC. The van der Waals surface area contributed by atoms with Crippen molar-refractivity contribution >= 4 is 5.91 Å². The first-order chi connectivity index (χ1) is 7.27. The Hall–Kier alpha value is -1.32. The van der Waals surface area contributed by atoms with Gasteiger partial charge in [-0.25, -0.2) is 4.98 Å². The van der Waals surface area contributed by atoms with Gasteiger partial charge in [0.05, 0.1) is 0 Å². The zero-order valence-electron chi connectivity index (χ0n) is 9.49. The van der Waals surface area contributed by atoms with E-state index in [1.807, 2.05) is 13.1 Å². The minimum absolute atomic E-state index is 0.105. The first-order valence-electron chi connectivity index (χ1n) is 5.54. The Morgan fingerprint density at radius 1 is 1.53 bits per heavy atom. The van der Waals surface area contributed by atoms with Gasteiger partial charge in [-0.15, -0.1) is 0 Å². The van der Waals surface area contributed by atoms with Gasteiger partial charge >= 0.3 is 0 Å². The van der Waals surface area contributed by atoms with Crippen LogP contribution < -0.4 is 5.32 Å². The molecule has 0 unspecified atom stereocenters. The van der Waals surface area contributed by atoms with Crippen molar-refractivity contribution in [1.82, 2.24) is 14.9 Å². The molecule has 0 radical (unpaired) electrons. The van der Waals surface area contributed by atoms with Crippen molar-refractivity contribution in [3.63, 3.8) is 0 Å². The molecule has 1 heterocycles. The smallest absolute Gasteiger partial charge is 0.221 e. The molecule has 1 amide bonds. The summed E-state index contributed by atoms with van der Waals surface area (Å²) in [4.78, 5) is 15.5. The lowest BCUT2D eigenvalue weighted by Crippen LogP contribution is -2.24. The summed E-state index contributed by atoms with van der Waals surface area (Å²) in [7, 11) is 0. The average molecular weight is 209 g/mol. The van der Waals surface area contributed by atoms with E-state index in [1.165, 1.54) is 0 Å². The summed E-state index contributed by atoms with van der Waals surface area (Å²) >= 11 is 0. The van der Waals surface area contributed by atoms with Crippen LogP contribution in [-0.4, -0.2) is 22.0 Å². The maximum Gasteiger partial charge on any atom is 0.221 e. The average Bonchev–Trinajstić information content (AvgIpc) is 2.64. The van der Waals surface area contributed by atoms with Crippen LogP contribution in [0.2, 0.25) is 0 Å². The molecule has 1 N–H and O–H groups in total. The van der Waals surface area contributed by atoms with E-state index >= 15 is 0 Å². The molecule has 0 bridgehead atoms. The third kappa shape index (κ3) is 3.73. The maximum atomic E-state index is 11.3. The molecule has 1 rings (SSSR count). The molecule has 0 saturated heterocycles. The largest absolute Gasteiger partial charge is 0.356 e. The highest BCUT2D eigenvalue weighted by Gasteiger charge is 2.04. The van der Waals surface area contributed by atoms with Crippen molar-refractivity contribution in [3.05, 3.63) is 18.2 Å². The van der Waals surface area contributed by atoms with Crippen LogP contribution in [0.1, 0.15) is 32.5 Å². The number of carbonyl (C=O) groups is 1. The number of amides is 1. The number of nitrogens with zero attached hydrogens (tertiary/aromatic N) is 2. The molecule has 0 atom stereocenters. The number of nitrogens with one attached hydrogen (secondary N) is 1. The predicted molar refractivity (Wildman–Crippen MR) is 59.5 cm³/mol. The van der Waals surface area contributed by atoms with Crippen LogP contribution in [0.25, 0.3) is 0 Å². The number of hydrogen-bond donors (Lipinski definition) is 1. The molecule has 0 aliphatic carbocycles. The number of carbonyl (C=O) groups excluding carboxylic acids is 1. The van der Waals surface area contributed by atoms with Gasteiger partial charge in [-0.05, 0) is 13.3 Å². The van der Waals surface area contributed by atoms with Gasteiger partial charge in [0.15, 0.2) is 0 Å². The molecule has 0 aromatic carbocycles. The van der Waals surface area contributed by atoms with Gasteiger partial charge in [0.25, 0.3) is 0 Å². The topological polar surface area (TPSA) is 46.9 Å². The molecule has 0 fully saturated rings. The Bertz CT molecular complexity index is 307. The Balaban J connectivity index is 2.42. The minimum Gasteiger partial charge on any atom is -0.356 e. The van der Waals surface area contributed by atoms with Crippen LogP contribution in [0.4, 0.5) is 0 Å². The third-order valence-electron chi connectivity index (χ3n) is 2.23. The van der Waals surface area contributed by atoms with E-state index < -0.39 is 0 Å². The lowest BCUT2D eigenvalue weighted by atomic mass is 10.3. The second kappa shape index (κ2) is 6.22. The number of aryl methyl sites for hydroxylation is 2. The molecule has 4 heteroatoms. The van der Waals surface area contributed by atoms with Crippen LogP contribution in [-0.2, 0) is 17.8 Å². The highest BCUT2D eigenvalue weighted by molar-refractivity contribution is 5.75. The minimum atomic E-state index is 0.105. The fourth-order valence-corrected chi connectivity index (χ4v) is 1.50. The van der Waals surface area contributed by atoms with Crippen LogP contribution >= 0.6 is 0 Å². The number of rotatable bonds is 6. The molecule has 0 aliphatic rings. The molecule has 4 nitrogen and oxygen atoms in total. The molecule has 0 aliphatic heterocycles. The predicted octanol–water partition coefficient (Wildman–Crippen LogP) is 1.36. The van der Waals surface area contributed by atoms with E-state index in [0.29, 0.717) is 13.0 Å². The summed E-state index contributed by atoms with van der Waals surface area (Å²) < 4.78 is 2.05. The quantitative estimate of drug-likeness (QED) is 0.769. The van der Waals surface area contributed by atoms with Crippen molar-refractivity contribution in [2.45, 2.75) is 39.7 Å². The Morgan fingerprint density at radius 3 is 3.00 bits per heavy atom. The third-order valence-corrected chi connectivity index (χ3v) is 2.23. The first kappa shape index (κ1) is 11.8. The Labute approximate surface area is 90.7 Å². The normalized spacial score (nSPS) is 10.3. The standard InChI is InChI=1S/C11H19N3O/c1-3-5-10-13-7-9-14(10)8-6-11(15)12-4-2/h7,9H,3-6,8H2,1-2H3,(H,12,15). The van der Waals surface area contributed by atoms with E-state index in [2.05, 4.69) is 21.8 Å². The van der Waals surface area contributed by atoms with E-state index in [4.69, 9.17) is 0 Å². The maximum absolute atomic E-state index is 11.3. The fourth-order valence-electron chi connectivity index (χ4n) is 1.50. The van der Waals surface area contributed by atoms with E-state index in [1.54, 1.807) is 6.20 Å². The summed E-state index contributed by atoms with van der Waals surface area (Å²) in [6.07, 6.45) is 6.31. The second-order valence-electron chi connectivity index (χ2n) is 3.49. The molecular weight excluding hydrogens is 190 g/mol. The van der Waals surface area contributed by atoms with E-state index in [-0.39, 0.29) is 5.91 Å².